The summed E-state index contributed by atoms with van der Waals surface area (Å²) in [6.07, 6.45) is -3.84. The van der Waals surface area contributed by atoms with Gasteiger partial charge < -0.3 is 9.47 Å². The molecule has 2 aromatic rings. The van der Waals surface area contributed by atoms with Crippen LogP contribution in [0.3, 0.4) is 0 Å². The van der Waals surface area contributed by atoms with Crippen LogP contribution >= 0.6 is 0 Å². The van der Waals surface area contributed by atoms with Crippen LogP contribution in [0.2, 0.25) is 0 Å². The number of hydrogen-bond donors (Lipinski definition) is 0. The highest BCUT2D eigenvalue weighted by molar-refractivity contribution is 5.64. The molecule has 3 rings (SSSR count). The normalized spacial score (nSPS) is 20.1. The van der Waals surface area contributed by atoms with Gasteiger partial charge in [0.05, 0.1) is 19.9 Å². The van der Waals surface area contributed by atoms with Gasteiger partial charge in [0.15, 0.2) is 6.29 Å². The molecule has 0 aromatic heterocycles. The van der Waals surface area contributed by atoms with Gasteiger partial charge in [0.2, 0.25) is 0 Å². The lowest BCUT2D eigenvalue weighted by molar-refractivity contribution is -0.203. The summed E-state index contributed by atoms with van der Waals surface area (Å²) in [6.45, 7) is 0.512. The molecule has 1 aliphatic rings. The summed E-state index contributed by atoms with van der Waals surface area (Å²) in [7, 11) is 0. The Hall–Kier alpha value is -2.06. The minimum Gasteiger partial charge on any atom is -0.352 e. The third kappa shape index (κ3) is 5.51. The Morgan fingerprint density at radius 3 is 1.97 bits per heavy atom. The lowest BCUT2D eigenvalue weighted by atomic mass is 10.00. The Morgan fingerprint density at radius 1 is 0.862 bits per heavy atom. The number of halogens is 6. The van der Waals surface area contributed by atoms with Crippen molar-refractivity contribution in [1.82, 2.24) is 0 Å². The zero-order valence-corrected chi connectivity index (χ0v) is 15.4. The molecule has 0 unspecified atom stereocenters. The van der Waals surface area contributed by atoms with E-state index in [0.29, 0.717) is 50.2 Å². The van der Waals surface area contributed by atoms with Crippen molar-refractivity contribution >= 4 is 0 Å². The molecule has 0 amide bonds. The monoisotopic (exact) mass is 418 g/mol. The Kier molecular flexibility index (Phi) is 6.85. The van der Waals surface area contributed by atoms with Gasteiger partial charge in [-0.2, -0.15) is 13.2 Å². The fourth-order valence-electron chi connectivity index (χ4n) is 3.23. The van der Waals surface area contributed by atoms with Crippen molar-refractivity contribution in [2.45, 2.75) is 31.7 Å². The zero-order chi connectivity index (χ0) is 21.0. The minimum atomic E-state index is -5.09. The van der Waals surface area contributed by atoms with Gasteiger partial charge in [0.1, 0.15) is 17.2 Å². The van der Waals surface area contributed by atoms with E-state index < -0.39 is 30.0 Å². The molecule has 0 saturated carbocycles. The van der Waals surface area contributed by atoms with E-state index in [4.69, 9.17) is 9.47 Å². The van der Waals surface area contributed by atoms with Gasteiger partial charge in [-0.3, -0.25) is 4.39 Å². The Morgan fingerprint density at radius 2 is 1.45 bits per heavy atom. The average molecular weight is 418 g/mol. The summed E-state index contributed by atoms with van der Waals surface area (Å²) in [5, 5.41) is 0. The summed E-state index contributed by atoms with van der Waals surface area (Å²) < 4.78 is 89.0. The third-order valence-electron chi connectivity index (χ3n) is 4.83. The summed E-state index contributed by atoms with van der Waals surface area (Å²) in [4.78, 5) is 0. The van der Waals surface area contributed by atoms with Crippen molar-refractivity contribution in [2.24, 2.45) is 5.92 Å². The molecule has 29 heavy (non-hydrogen) atoms. The number of rotatable bonds is 6. The predicted octanol–water partition coefficient (Wildman–Crippen LogP) is 5.93. The molecule has 0 atom stereocenters. The molecular weight excluding hydrogens is 398 g/mol. The molecule has 0 radical (unpaired) electrons. The van der Waals surface area contributed by atoms with Gasteiger partial charge in [0.25, 0.3) is 0 Å². The van der Waals surface area contributed by atoms with E-state index in [9.17, 15) is 26.3 Å². The lowest BCUT2D eigenvalue weighted by Crippen LogP contribution is -2.32. The molecule has 1 saturated heterocycles. The number of aryl methyl sites for hydroxylation is 1. The van der Waals surface area contributed by atoms with Gasteiger partial charge in [-0.15, -0.1) is 0 Å². The number of alkyl halides is 4. The zero-order valence-electron chi connectivity index (χ0n) is 15.4. The number of hydrogen-bond acceptors (Lipinski definition) is 2. The van der Waals surface area contributed by atoms with Crippen LogP contribution in [0.15, 0.2) is 36.4 Å². The van der Waals surface area contributed by atoms with Crippen molar-refractivity contribution in [3.63, 3.8) is 0 Å². The van der Waals surface area contributed by atoms with Crippen LogP contribution in [-0.4, -0.2) is 26.2 Å². The summed E-state index contributed by atoms with van der Waals surface area (Å²) in [5.74, 6) is -3.22. The van der Waals surface area contributed by atoms with Gasteiger partial charge in [-0.1, -0.05) is 24.3 Å². The van der Waals surface area contributed by atoms with Crippen molar-refractivity contribution < 1.29 is 35.8 Å². The van der Waals surface area contributed by atoms with E-state index in [1.54, 1.807) is 24.3 Å². The minimum absolute atomic E-state index is 0.0254. The largest absolute Gasteiger partial charge is 0.422 e. The Balaban J connectivity index is 1.61. The maximum Gasteiger partial charge on any atom is 0.422 e. The van der Waals surface area contributed by atoms with E-state index in [1.807, 2.05) is 0 Å². The Bertz CT molecular complexity index is 788. The van der Waals surface area contributed by atoms with E-state index in [-0.39, 0.29) is 17.8 Å². The van der Waals surface area contributed by atoms with Crippen LogP contribution in [0.5, 0.6) is 0 Å². The van der Waals surface area contributed by atoms with E-state index in [1.165, 1.54) is 0 Å². The second-order valence-electron chi connectivity index (χ2n) is 6.99. The second kappa shape index (κ2) is 9.17. The molecule has 1 aliphatic heterocycles. The van der Waals surface area contributed by atoms with E-state index in [0.717, 1.165) is 5.56 Å². The smallest absolute Gasteiger partial charge is 0.352 e. The first-order chi connectivity index (χ1) is 13.8. The molecule has 0 bridgehead atoms. The van der Waals surface area contributed by atoms with Crippen molar-refractivity contribution in [2.75, 3.05) is 19.9 Å². The van der Waals surface area contributed by atoms with E-state index >= 15 is 0 Å². The van der Waals surface area contributed by atoms with Crippen LogP contribution in [0.4, 0.5) is 26.3 Å². The van der Waals surface area contributed by atoms with Crippen LogP contribution < -0.4 is 0 Å². The maximum absolute atomic E-state index is 13.8. The fraction of sp³-hybridized carbons (Fsp3) is 0.429. The highest BCUT2D eigenvalue weighted by Gasteiger charge is 2.38. The second-order valence-corrected chi connectivity index (χ2v) is 6.99. The quantitative estimate of drug-likeness (QED) is 0.541. The Labute approximate surface area is 164 Å². The molecular formula is C21H20F6O2. The first-order valence-corrected chi connectivity index (χ1v) is 9.22. The fourth-order valence-corrected chi connectivity index (χ4v) is 3.23. The first kappa shape index (κ1) is 21.6. The van der Waals surface area contributed by atoms with Crippen LogP contribution in [0, 0.1) is 17.6 Å². The first-order valence-electron chi connectivity index (χ1n) is 9.22. The summed E-state index contributed by atoms with van der Waals surface area (Å²) >= 11 is 0. The van der Waals surface area contributed by atoms with Crippen molar-refractivity contribution in [3.05, 3.63) is 59.2 Å². The molecule has 0 spiro atoms. The van der Waals surface area contributed by atoms with Crippen LogP contribution in [0.25, 0.3) is 11.1 Å². The molecule has 2 aromatic carbocycles. The average Bonchev–Trinajstić information content (AvgIpc) is 2.66. The summed E-state index contributed by atoms with van der Waals surface area (Å²) in [6, 6.07) is 8.01. The standard InChI is InChI=1S/C21H20F6O2/c22-8-7-14-11-28-19(29-12-14)6-3-13-1-4-15(5-2-13)16-9-17(23)20(18(24)10-16)21(25,26)27/h1-2,4-5,9-10,14,19H,3,6-8,11-12H2. The molecule has 1 heterocycles. The van der Waals surface area contributed by atoms with Gasteiger partial charge in [-0.25, -0.2) is 8.78 Å². The van der Waals surface area contributed by atoms with Gasteiger partial charge in [-0.05, 0) is 41.7 Å². The SMILES string of the molecule is FCCC1COC(CCc2ccc(-c3cc(F)c(C(F)(F)F)c(F)c3)cc2)OC1. The predicted molar refractivity (Wildman–Crippen MR) is 94.9 cm³/mol. The lowest BCUT2D eigenvalue weighted by Gasteiger charge is -2.29. The van der Waals surface area contributed by atoms with E-state index in [2.05, 4.69) is 0 Å². The van der Waals surface area contributed by atoms with Crippen molar-refractivity contribution in [1.29, 1.82) is 0 Å². The molecule has 158 valence electrons. The molecule has 0 N–H and O–H groups in total. The van der Waals surface area contributed by atoms with Crippen LogP contribution in [0.1, 0.15) is 24.0 Å². The third-order valence-corrected chi connectivity index (χ3v) is 4.83. The molecule has 0 aliphatic carbocycles. The highest BCUT2D eigenvalue weighted by atomic mass is 19.4. The molecule has 8 heteroatoms. The molecule has 2 nitrogen and oxygen atoms in total. The number of benzene rings is 2. The van der Waals surface area contributed by atoms with Crippen LogP contribution in [-0.2, 0) is 22.1 Å². The topological polar surface area (TPSA) is 18.5 Å². The number of ether oxygens (including phenoxy) is 2. The highest BCUT2D eigenvalue weighted by Crippen LogP contribution is 2.36. The molecule has 1 fully saturated rings. The van der Waals surface area contributed by atoms with Gasteiger partial charge >= 0.3 is 6.18 Å². The van der Waals surface area contributed by atoms with Crippen molar-refractivity contribution in [3.8, 4) is 11.1 Å². The summed E-state index contributed by atoms with van der Waals surface area (Å²) in [5.41, 5.74) is -0.546. The van der Waals surface area contributed by atoms with Gasteiger partial charge in [0, 0.05) is 12.3 Å². The maximum atomic E-state index is 13.8.